The first-order chi connectivity index (χ1) is 18.9. The van der Waals surface area contributed by atoms with Crippen molar-refractivity contribution in [1.82, 2.24) is 0 Å². The number of phenolic OH excluding ortho intramolecular Hbond substituents is 2. The molecule has 0 bridgehead atoms. The summed E-state index contributed by atoms with van der Waals surface area (Å²) in [4.78, 5) is 42.3. The fourth-order valence-corrected chi connectivity index (χ4v) is 6.63. The summed E-state index contributed by atoms with van der Waals surface area (Å²) >= 11 is 3.49. The lowest BCUT2D eigenvalue weighted by Crippen LogP contribution is -2.47. The van der Waals surface area contributed by atoms with Crippen molar-refractivity contribution in [3.05, 3.63) is 62.0 Å². The third-order valence-corrected chi connectivity index (χ3v) is 8.78. The first-order valence-corrected chi connectivity index (χ1v) is 13.4. The van der Waals surface area contributed by atoms with E-state index in [2.05, 4.69) is 26.0 Å². The maximum Gasteiger partial charge on any atom is 0.202 e. The van der Waals surface area contributed by atoms with Crippen LogP contribution >= 0.6 is 15.9 Å². The van der Waals surface area contributed by atoms with Crippen LogP contribution in [0.4, 0.5) is 0 Å². The molecule has 40 heavy (non-hydrogen) atoms. The first kappa shape index (κ1) is 28.1. The van der Waals surface area contributed by atoms with Gasteiger partial charge in [-0.15, -0.1) is 0 Å². The number of halogens is 1. The summed E-state index contributed by atoms with van der Waals surface area (Å²) in [7, 11) is 1.34. The molecular formula is C27H26BrN3O9. The minimum Gasteiger partial charge on any atom is -0.507 e. The molecule has 2 aromatic rings. The van der Waals surface area contributed by atoms with Crippen molar-refractivity contribution in [3.8, 4) is 17.2 Å². The molecule has 0 saturated carbocycles. The standard InChI is InChI=1S/C27H26BrN3O9/c1-10-22(30-31-29)14(28)7-17(39-10)40-16-9-27(37,11(2)32)8-13-19(16)26(36)21-20(24(13)34)23(33)12-5-4-6-15(38-3)18(12)25(21)35/h4-6,10,14,16-17,22,34,36-37H,7-9H2,1-3H3/t10?,14?,16-,17?,22?,27-/m0/s1. The molecule has 6 atom stereocenters. The number of Topliss-reactive ketones (excluding diaryl/α,β-unsaturated/α-hetero) is 1. The zero-order valence-electron chi connectivity index (χ0n) is 21.8. The molecule has 1 saturated heterocycles. The number of methoxy groups -OCH3 is 1. The van der Waals surface area contributed by atoms with Crippen molar-refractivity contribution >= 4 is 33.3 Å². The number of carbonyl (C=O) groups excluding carboxylic acids is 3. The van der Waals surface area contributed by atoms with Gasteiger partial charge < -0.3 is 29.5 Å². The molecule has 1 heterocycles. The predicted molar refractivity (Wildman–Crippen MR) is 142 cm³/mol. The Labute approximate surface area is 236 Å². The number of phenols is 2. The number of hydrogen-bond acceptors (Lipinski definition) is 10. The minimum atomic E-state index is -2.00. The van der Waals surface area contributed by atoms with Crippen molar-refractivity contribution in [2.45, 2.75) is 68.1 Å². The zero-order valence-corrected chi connectivity index (χ0v) is 23.3. The lowest BCUT2D eigenvalue weighted by atomic mass is 9.72. The highest BCUT2D eigenvalue weighted by molar-refractivity contribution is 9.09. The van der Waals surface area contributed by atoms with Gasteiger partial charge in [-0.1, -0.05) is 33.2 Å². The second-order valence-electron chi connectivity index (χ2n) is 10.2. The molecule has 1 aliphatic heterocycles. The number of ketones is 3. The van der Waals surface area contributed by atoms with Crippen LogP contribution in [-0.2, 0) is 20.7 Å². The Morgan fingerprint density at radius 2 is 1.90 bits per heavy atom. The molecule has 5 rings (SSSR count). The third kappa shape index (κ3) is 4.25. The van der Waals surface area contributed by atoms with Gasteiger partial charge >= 0.3 is 0 Å². The van der Waals surface area contributed by atoms with Crippen LogP contribution in [0, 0.1) is 0 Å². The monoisotopic (exact) mass is 615 g/mol. The van der Waals surface area contributed by atoms with Crippen LogP contribution in [-0.4, -0.2) is 68.6 Å². The highest BCUT2D eigenvalue weighted by atomic mass is 79.9. The molecule has 13 heteroatoms. The average molecular weight is 616 g/mol. The van der Waals surface area contributed by atoms with E-state index in [1.807, 2.05) is 0 Å². The van der Waals surface area contributed by atoms with Crippen LogP contribution in [0.5, 0.6) is 17.2 Å². The average Bonchev–Trinajstić information content (AvgIpc) is 2.90. The SMILES string of the molecule is COc1cccc2c1C(=O)c1c(O)c3c(c(O)c1C2=O)C[C@@](O)(C(C)=O)C[C@@H]3OC1CC(Br)C(N=[N+]=[N-])C(C)O1. The fraction of sp³-hybridized carbons (Fsp3) is 0.444. The summed E-state index contributed by atoms with van der Waals surface area (Å²) in [5, 5.41) is 37.9. The Morgan fingerprint density at radius 1 is 1.20 bits per heavy atom. The van der Waals surface area contributed by atoms with E-state index in [-0.39, 0.29) is 45.7 Å². The number of alkyl halides is 1. The number of aliphatic hydroxyl groups is 1. The quantitative estimate of drug-likeness (QED) is 0.126. The molecule has 3 N–H and O–H groups in total. The molecule has 210 valence electrons. The normalized spacial score (nSPS) is 29.1. The molecule has 2 aliphatic carbocycles. The molecule has 2 aromatic carbocycles. The van der Waals surface area contributed by atoms with Gasteiger partial charge in [0.05, 0.1) is 42.0 Å². The Hall–Kier alpha value is -3.48. The molecular weight excluding hydrogens is 590 g/mol. The second kappa shape index (κ2) is 10.2. The van der Waals surface area contributed by atoms with Gasteiger partial charge in [0.2, 0.25) is 5.78 Å². The number of hydrogen-bond donors (Lipinski definition) is 3. The Kier molecular flexibility index (Phi) is 7.13. The highest BCUT2D eigenvalue weighted by Crippen LogP contribution is 2.52. The summed E-state index contributed by atoms with van der Waals surface area (Å²) in [5.74, 6) is -3.16. The highest BCUT2D eigenvalue weighted by Gasteiger charge is 2.49. The summed E-state index contributed by atoms with van der Waals surface area (Å²) in [6, 6.07) is 3.92. The molecule has 12 nitrogen and oxygen atoms in total. The van der Waals surface area contributed by atoms with Gasteiger partial charge in [0.1, 0.15) is 22.8 Å². The van der Waals surface area contributed by atoms with Gasteiger partial charge in [-0.25, -0.2) is 0 Å². The lowest BCUT2D eigenvalue weighted by molar-refractivity contribution is -0.224. The van der Waals surface area contributed by atoms with Crippen LogP contribution in [0.15, 0.2) is 23.3 Å². The first-order valence-electron chi connectivity index (χ1n) is 12.5. The number of benzene rings is 2. The van der Waals surface area contributed by atoms with E-state index in [0.717, 1.165) is 0 Å². The van der Waals surface area contributed by atoms with Crippen LogP contribution < -0.4 is 4.74 Å². The van der Waals surface area contributed by atoms with Gasteiger partial charge in [-0.3, -0.25) is 14.4 Å². The van der Waals surface area contributed by atoms with Crippen molar-refractivity contribution in [1.29, 1.82) is 0 Å². The van der Waals surface area contributed by atoms with E-state index in [1.165, 1.54) is 32.2 Å². The van der Waals surface area contributed by atoms with Crippen molar-refractivity contribution < 1.29 is 43.9 Å². The number of nitrogens with zero attached hydrogens (tertiary/aromatic N) is 3. The largest absolute Gasteiger partial charge is 0.507 e. The minimum absolute atomic E-state index is 0.0144. The number of carbonyl (C=O) groups is 3. The van der Waals surface area contributed by atoms with Crippen LogP contribution in [0.2, 0.25) is 0 Å². The maximum absolute atomic E-state index is 13.7. The van der Waals surface area contributed by atoms with Crippen LogP contribution in [0.25, 0.3) is 10.4 Å². The van der Waals surface area contributed by atoms with Crippen LogP contribution in [0.3, 0.4) is 0 Å². The zero-order chi connectivity index (χ0) is 29.1. The molecule has 4 unspecified atom stereocenters. The topological polar surface area (TPSA) is 188 Å². The predicted octanol–water partition coefficient (Wildman–Crippen LogP) is 3.78. The summed E-state index contributed by atoms with van der Waals surface area (Å²) < 4.78 is 17.4. The van der Waals surface area contributed by atoms with E-state index >= 15 is 0 Å². The van der Waals surface area contributed by atoms with E-state index in [1.54, 1.807) is 6.92 Å². The number of azide groups is 1. The van der Waals surface area contributed by atoms with Gasteiger partial charge in [0.15, 0.2) is 17.9 Å². The summed E-state index contributed by atoms with van der Waals surface area (Å²) in [6.07, 6.45) is -3.25. The number of fused-ring (bicyclic) bond motifs is 3. The maximum atomic E-state index is 13.7. The van der Waals surface area contributed by atoms with Crippen molar-refractivity contribution in [3.63, 3.8) is 0 Å². The van der Waals surface area contributed by atoms with E-state index < -0.39 is 76.5 Å². The van der Waals surface area contributed by atoms with Gasteiger partial charge in [0.25, 0.3) is 0 Å². The molecule has 0 spiro atoms. The second-order valence-corrected chi connectivity index (χ2v) is 11.4. The van der Waals surface area contributed by atoms with Crippen LogP contribution in [0.1, 0.15) is 75.8 Å². The molecule has 1 fully saturated rings. The molecule has 3 aliphatic rings. The van der Waals surface area contributed by atoms with Gasteiger partial charge in [-0.2, -0.15) is 0 Å². The Bertz CT molecular complexity index is 1490. The van der Waals surface area contributed by atoms with E-state index in [4.69, 9.17) is 19.7 Å². The smallest absolute Gasteiger partial charge is 0.202 e. The van der Waals surface area contributed by atoms with Gasteiger partial charge in [-0.05, 0) is 25.4 Å². The molecule has 0 amide bonds. The summed E-state index contributed by atoms with van der Waals surface area (Å²) in [6.45, 7) is 2.88. The van der Waals surface area contributed by atoms with Crippen molar-refractivity contribution in [2.75, 3.05) is 7.11 Å². The van der Waals surface area contributed by atoms with E-state index in [0.29, 0.717) is 0 Å². The fourth-order valence-electron chi connectivity index (χ4n) is 5.79. The molecule has 0 aromatic heterocycles. The number of ether oxygens (including phenoxy) is 3. The van der Waals surface area contributed by atoms with Crippen molar-refractivity contribution in [2.24, 2.45) is 5.11 Å². The third-order valence-electron chi connectivity index (χ3n) is 7.87. The summed E-state index contributed by atoms with van der Waals surface area (Å²) in [5.41, 5.74) is 5.85. The van der Waals surface area contributed by atoms with E-state index in [9.17, 15) is 29.7 Å². The van der Waals surface area contributed by atoms with Gasteiger partial charge in [0, 0.05) is 45.7 Å². The Morgan fingerprint density at radius 3 is 2.52 bits per heavy atom. The number of aromatic hydroxyl groups is 2. The Balaban J connectivity index is 1.65. The number of rotatable bonds is 5. The molecule has 0 radical (unpaired) electrons. The lowest BCUT2D eigenvalue weighted by Gasteiger charge is -2.42.